The molecule has 1 fully saturated rings. The molecule has 4 aromatic rings. The number of benzene rings is 3. The lowest BCUT2D eigenvalue weighted by Crippen LogP contribution is -2.48. The van der Waals surface area contributed by atoms with Gasteiger partial charge in [-0.2, -0.15) is 5.21 Å². The normalized spacial score (nSPS) is 16.0. The van der Waals surface area contributed by atoms with E-state index in [1.807, 2.05) is 43.3 Å². The number of H-pyrrole nitrogens is 1. The van der Waals surface area contributed by atoms with Crippen LogP contribution in [0.25, 0.3) is 28.1 Å². The molecule has 54 heavy (non-hydrogen) atoms. The van der Waals surface area contributed by atoms with Gasteiger partial charge in [-0.3, -0.25) is 14.4 Å². The van der Waals surface area contributed by atoms with Gasteiger partial charge in [-0.25, -0.2) is 0 Å². The van der Waals surface area contributed by atoms with E-state index in [-0.39, 0.29) is 43.3 Å². The zero-order valence-corrected chi connectivity index (χ0v) is 30.7. The molecule has 3 amide bonds. The van der Waals surface area contributed by atoms with Gasteiger partial charge < -0.3 is 36.3 Å². The van der Waals surface area contributed by atoms with Crippen LogP contribution in [0.5, 0.6) is 0 Å². The Balaban J connectivity index is 1.32. The summed E-state index contributed by atoms with van der Waals surface area (Å²) in [6.07, 6.45) is 3.47. The second-order valence-corrected chi connectivity index (χ2v) is 13.5. The van der Waals surface area contributed by atoms with Crippen molar-refractivity contribution >= 4 is 29.0 Å². The molecule has 286 valence electrons. The monoisotopic (exact) mass is 738 g/mol. The van der Waals surface area contributed by atoms with Crippen LogP contribution in [0.1, 0.15) is 54.1 Å². The summed E-state index contributed by atoms with van der Waals surface area (Å²) in [6, 6.07) is 19.5. The number of amides is 3. The van der Waals surface area contributed by atoms with Crippen LogP contribution < -0.4 is 21.7 Å². The minimum atomic E-state index is -0.863. The minimum absolute atomic E-state index is 0.0412. The molecule has 1 aliphatic rings. The average Bonchev–Trinajstić information content (AvgIpc) is 3.74. The Kier molecular flexibility index (Phi) is 15.0. The molecule has 0 radical (unpaired) electrons. The number of allylic oxidation sites excluding steroid dienone is 1. The van der Waals surface area contributed by atoms with Crippen molar-refractivity contribution in [2.45, 2.75) is 45.1 Å². The van der Waals surface area contributed by atoms with E-state index in [2.05, 4.69) is 43.2 Å². The van der Waals surface area contributed by atoms with Gasteiger partial charge in [-0.05, 0) is 109 Å². The number of aromatic nitrogens is 4. The first-order valence-corrected chi connectivity index (χ1v) is 18.3. The summed E-state index contributed by atoms with van der Waals surface area (Å²) in [5, 5.41) is 31.7. The van der Waals surface area contributed by atoms with Crippen molar-refractivity contribution in [3.63, 3.8) is 0 Å². The molecule has 1 aliphatic carbocycles. The van der Waals surface area contributed by atoms with Gasteiger partial charge in [0.25, 0.3) is 5.91 Å². The van der Waals surface area contributed by atoms with Gasteiger partial charge in [0.2, 0.25) is 17.6 Å². The third kappa shape index (κ3) is 11.4. The van der Waals surface area contributed by atoms with Crippen LogP contribution in [-0.2, 0) is 25.5 Å². The number of hydrogen-bond donors (Lipinski definition) is 6. The molecule has 0 aliphatic heterocycles. The highest BCUT2D eigenvalue weighted by atomic mass is 16.5. The summed E-state index contributed by atoms with van der Waals surface area (Å²) >= 11 is 0. The molecule has 1 atom stereocenters. The fourth-order valence-corrected chi connectivity index (χ4v) is 6.50. The molecule has 0 bridgehead atoms. The lowest BCUT2D eigenvalue weighted by Gasteiger charge is -2.28. The average molecular weight is 739 g/mol. The summed E-state index contributed by atoms with van der Waals surface area (Å²) in [7, 11) is 0. The van der Waals surface area contributed by atoms with Crippen LogP contribution in [0.2, 0.25) is 0 Å². The molecule has 1 saturated carbocycles. The van der Waals surface area contributed by atoms with Gasteiger partial charge in [0, 0.05) is 35.7 Å². The van der Waals surface area contributed by atoms with E-state index in [0.717, 1.165) is 59.1 Å². The van der Waals surface area contributed by atoms with Crippen LogP contribution >= 0.6 is 0 Å². The molecule has 14 heteroatoms. The van der Waals surface area contributed by atoms with Gasteiger partial charge in [0.15, 0.2) is 0 Å². The highest BCUT2D eigenvalue weighted by molar-refractivity contribution is 5.98. The molecule has 5 rings (SSSR count). The van der Waals surface area contributed by atoms with Gasteiger partial charge in [0.1, 0.15) is 6.04 Å². The quantitative estimate of drug-likeness (QED) is 0.0769. The number of nitrogens with one attached hydrogen (secondary N) is 4. The summed E-state index contributed by atoms with van der Waals surface area (Å²) in [6.45, 7) is 8.27. The number of aliphatic hydroxyl groups excluding tert-OH is 1. The van der Waals surface area contributed by atoms with Crippen LogP contribution in [0.3, 0.4) is 0 Å². The summed E-state index contributed by atoms with van der Waals surface area (Å²) in [4.78, 5) is 40.6. The number of carbonyl (C=O) groups excluding carboxylic acids is 3. The molecule has 1 heterocycles. The lowest BCUT2D eigenvalue weighted by atomic mass is 9.81. The van der Waals surface area contributed by atoms with E-state index < -0.39 is 6.04 Å². The van der Waals surface area contributed by atoms with Gasteiger partial charge in [-0.15, -0.1) is 10.2 Å². The number of hydrogen-bond acceptors (Lipinski definition) is 10. The number of nitrogens with two attached hydrogens (primary N) is 1. The zero-order valence-electron chi connectivity index (χ0n) is 30.7. The summed E-state index contributed by atoms with van der Waals surface area (Å²) in [5.41, 5.74) is 11.9. The number of tetrazole rings is 1. The van der Waals surface area contributed by atoms with Crippen molar-refractivity contribution in [3.05, 3.63) is 90.0 Å². The smallest absolute Gasteiger partial charge is 0.251 e. The van der Waals surface area contributed by atoms with Gasteiger partial charge in [0.05, 0.1) is 33.0 Å². The highest BCUT2D eigenvalue weighted by Crippen LogP contribution is 2.31. The topological polar surface area (TPSA) is 206 Å². The number of ether oxygens (including phenoxy) is 2. The molecule has 0 saturated heterocycles. The van der Waals surface area contributed by atoms with E-state index in [0.29, 0.717) is 55.9 Å². The third-order valence-corrected chi connectivity index (χ3v) is 9.50. The number of nitrogens with zero attached hydrogens (tertiary/aromatic N) is 3. The fraction of sp³-hybridized carbons (Fsp3) is 0.400. The van der Waals surface area contributed by atoms with Crippen LogP contribution in [0, 0.1) is 11.8 Å². The molecule has 14 nitrogen and oxygen atoms in total. The van der Waals surface area contributed by atoms with Crippen molar-refractivity contribution < 1.29 is 29.0 Å². The minimum Gasteiger partial charge on any atom is -0.394 e. The van der Waals surface area contributed by atoms with Gasteiger partial charge >= 0.3 is 0 Å². The van der Waals surface area contributed by atoms with E-state index in [4.69, 9.17) is 20.3 Å². The standard InChI is InChI=1S/C40H50N8O6/c1-26(2)34-15-12-32(38(50)42-16-18-53-20-21-54-19-17-49)24-35(34)31-5-3-4-28(22-31)23-36(44-39(51)30-8-6-27(25-41)7-9-30)40(52)43-33-13-10-29(11-14-33)37-45-47-48-46-37/h3-5,10-15,22,24,27,30,36,49H,1,6-9,16-21,23,25,41H2,2H3,(H,42,50)(H,43,52)(H,44,51)(H,45,46,47,48)/t27?,30?,36-/m0/s1. The number of rotatable bonds is 19. The SMILES string of the molecule is C=C(C)c1ccc(C(=O)NCCOCCOCCO)cc1-c1cccc(C[C@H](NC(=O)C2CCC(CN)CC2)C(=O)Nc2ccc(-c3nn[nH]n3)cc2)c1. The van der Waals surface area contributed by atoms with E-state index >= 15 is 0 Å². The van der Waals surface area contributed by atoms with E-state index in [1.165, 1.54) is 0 Å². The largest absolute Gasteiger partial charge is 0.394 e. The molecular formula is C40H50N8O6. The van der Waals surface area contributed by atoms with Crippen LogP contribution in [0.15, 0.2) is 73.3 Å². The Morgan fingerprint density at radius 2 is 1.72 bits per heavy atom. The third-order valence-electron chi connectivity index (χ3n) is 9.50. The van der Waals surface area contributed by atoms with Crippen molar-refractivity contribution in [2.75, 3.05) is 51.4 Å². The molecule has 0 spiro atoms. The maximum absolute atomic E-state index is 13.9. The fourth-order valence-electron chi connectivity index (χ4n) is 6.50. The molecule has 3 aromatic carbocycles. The first-order chi connectivity index (χ1) is 26.2. The number of aromatic amines is 1. The van der Waals surface area contributed by atoms with Crippen molar-refractivity contribution in [3.8, 4) is 22.5 Å². The number of anilines is 1. The first kappa shape index (κ1) is 39.9. The van der Waals surface area contributed by atoms with Crippen molar-refractivity contribution in [1.82, 2.24) is 31.3 Å². The van der Waals surface area contributed by atoms with E-state index in [9.17, 15) is 14.4 Å². The number of aliphatic hydroxyl groups is 1. The molecule has 0 unspecified atom stereocenters. The molecule has 1 aromatic heterocycles. The Labute approximate surface area is 315 Å². The molecular weight excluding hydrogens is 688 g/mol. The highest BCUT2D eigenvalue weighted by Gasteiger charge is 2.29. The van der Waals surface area contributed by atoms with Crippen LogP contribution in [-0.4, -0.2) is 95.6 Å². The predicted molar refractivity (Wildman–Crippen MR) is 206 cm³/mol. The maximum atomic E-state index is 13.9. The summed E-state index contributed by atoms with van der Waals surface area (Å²) < 4.78 is 10.7. The second-order valence-electron chi connectivity index (χ2n) is 13.5. The van der Waals surface area contributed by atoms with Gasteiger partial charge in [-0.1, -0.05) is 42.5 Å². The lowest BCUT2D eigenvalue weighted by molar-refractivity contribution is -0.130. The van der Waals surface area contributed by atoms with Crippen molar-refractivity contribution in [2.24, 2.45) is 17.6 Å². The van der Waals surface area contributed by atoms with E-state index in [1.54, 1.807) is 30.3 Å². The van der Waals surface area contributed by atoms with Crippen LogP contribution in [0.4, 0.5) is 5.69 Å². The number of carbonyl (C=O) groups is 3. The zero-order chi connectivity index (χ0) is 38.3. The molecule has 7 N–H and O–H groups in total. The predicted octanol–water partition coefficient (Wildman–Crippen LogP) is 3.75. The second kappa shape index (κ2) is 20.3. The van der Waals surface area contributed by atoms with Crippen molar-refractivity contribution in [1.29, 1.82) is 0 Å². The summed E-state index contributed by atoms with van der Waals surface area (Å²) in [5.74, 6) is -0.0645. The Morgan fingerprint density at radius 3 is 2.41 bits per heavy atom. The Morgan fingerprint density at radius 1 is 0.963 bits per heavy atom. The maximum Gasteiger partial charge on any atom is 0.251 e. The first-order valence-electron chi connectivity index (χ1n) is 18.3. The Hall–Kier alpha value is -5.28. The Bertz CT molecular complexity index is 1840.